The molecule has 3 heteroatoms. The van der Waals surface area contributed by atoms with Gasteiger partial charge in [-0.25, -0.2) is 4.98 Å². The van der Waals surface area contributed by atoms with Crippen LogP contribution >= 0.6 is 0 Å². The van der Waals surface area contributed by atoms with Gasteiger partial charge in [-0.1, -0.05) is 42.5 Å². The summed E-state index contributed by atoms with van der Waals surface area (Å²) in [6, 6.07) is 18.4. The van der Waals surface area contributed by atoms with Gasteiger partial charge in [0.2, 0.25) is 0 Å². The zero-order chi connectivity index (χ0) is 13.9. The average Bonchev–Trinajstić information content (AvgIpc) is 2.49. The number of nitrogens with two attached hydrogens (primary N) is 1. The van der Waals surface area contributed by atoms with E-state index in [1.165, 1.54) is 5.56 Å². The summed E-state index contributed by atoms with van der Waals surface area (Å²) in [5, 5.41) is 5.55. The normalized spacial score (nSPS) is 12.2. The van der Waals surface area contributed by atoms with E-state index in [2.05, 4.69) is 29.4 Å². The Bertz CT molecular complexity index is 723. The lowest BCUT2D eigenvalue weighted by molar-refractivity contribution is 0.877. The number of rotatable bonds is 3. The van der Waals surface area contributed by atoms with Gasteiger partial charge < -0.3 is 11.1 Å². The minimum atomic E-state index is 0.190. The standard InChI is InChI=1S/C17H17N3/c1-12(13-6-3-2-4-7-13)20-17-15-8-5-9-16(18)14(15)10-11-19-17/h2-12H,18H2,1H3,(H,19,20). The number of nitrogens with zero attached hydrogens (tertiary/aromatic N) is 1. The van der Waals surface area contributed by atoms with Crippen LogP contribution in [0.2, 0.25) is 0 Å². The molecule has 3 N–H and O–H groups in total. The van der Waals surface area contributed by atoms with Crippen molar-refractivity contribution in [3.63, 3.8) is 0 Å². The maximum Gasteiger partial charge on any atom is 0.134 e. The highest BCUT2D eigenvalue weighted by atomic mass is 15.0. The van der Waals surface area contributed by atoms with E-state index < -0.39 is 0 Å². The van der Waals surface area contributed by atoms with Crippen LogP contribution in [0.15, 0.2) is 60.8 Å². The van der Waals surface area contributed by atoms with E-state index in [1.807, 2.05) is 42.5 Å². The Morgan fingerprint density at radius 2 is 1.75 bits per heavy atom. The van der Waals surface area contributed by atoms with E-state index >= 15 is 0 Å². The molecule has 1 aromatic heterocycles. The van der Waals surface area contributed by atoms with Gasteiger partial charge >= 0.3 is 0 Å². The molecule has 1 heterocycles. The van der Waals surface area contributed by atoms with Gasteiger partial charge in [0.05, 0.1) is 0 Å². The van der Waals surface area contributed by atoms with Crippen LogP contribution < -0.4 is 11.1 Å². The molecule has 0 amide bonds. The van der Waals surface area contributed by atoms with E-state index in [1.54, 1.807) is 6.20 Å². The summed E-state index contributed by atoms with van der Waals surface area (Å²) in [5.41, 5.74) is 8.02. The lowest BCUT2D eigenvalue weighted by Gasteiger charge is -2.16. The van der Waals surface area contributed by atoms with E-state index in [-0.39, 0.29) is 6.04 Å². The molecule has 0 aliphatic rings. The Morgan fingerprint density at radius 3 is 2.55 bits per heavy atom. The third-order valence-electron chi connectivity index (χ3n) is 3.49. The van der Waals surface area contributed by atoms with Gasteiger partial charge in [0.1, 0.15) is 5.82 Å². The first-order valence-corrected chi connectivity index (χ1v) is 6.70. The third-order valence-corrected chi connectivity index (χ3v) is 3.49. The number of aromatic nitrogens is 1. The molecule has 0 aliphatic heterocycles. The molecule has 1 unspecified atom stereocenters. The molecule has 3 aromatic rings. The Balaban J connectivity index is 1.97. The Morgan fingerprint density at radius 1 is 0.950 bits per heavy atom. The number of pyridine rings is 1. The van der Waals surface area contributed by atoms with Crippen LogP contribution in [0, 0.1) is 0 Å². The minimum absolute atomic E-state index is 0.190. The van der Waals surface area contributed by atoms with Crippen LogP contribution in [-0.2, 0) is 0 Å². The fourth-order valence-electron chi connectivity index (χ4n) is 2.38. The number of hydrogen-bond donors (Lipinski definition) is 2. The molecule has 3 rings (SSSR count). The van der Waals surface area contributed by atoms with Crippen molar-refractivity contribution in [1.82, 2.24) is 4.98 Å². The van der Waals surface area contributed by atoms with Crippen LogP contribution in [0.25, 0.3) is 10.8 Å². The van der Waals surface area contributed by atoms with E-state index in [0.717, 1.165) is 22.3 Å². The van der Waals surface area contributed by atoms with Gasteiger partial charge in [0.15, 0.2) is 0 Å². The Hall–Kier alpha value is -2.55. The first-order chi connectivity index (χ1) is 9.75. The third kappa shape index (κ3) is 2.30. The van der Waals surface area contributed by atoms with E-state index in [0.29, 0.717) is 0 Å². The Labute approximate surface area is 118 Å². The van der Waals surface area contributed by atoms with Crippen molar-refractivity contribution in [2.75, 3.05) is 11.1 Å². The summed E-state index contributed by atoms with van der Waals surface area (Å²) in [4.78, 5) is 4.45. The van der Waals surface area contributed by atoms with Crippen molar-refractivity contribution in [1.29, 1.82) is 0 Å². The van der Waals surface area contributed by atoms with E-state index in [9.17, 15) is 0 Å². The molecule has 0 radical (unpaired) electrons. The fourth-order valence-corrected chi connectivity index (χ4v) is 2.38. The van der Waals surface area contributed by atoms with Crippen molar-refractivity contribution in [2.45, 2.75) is 13.0 Å². The molecule has 0 fully saturated rings. The van der Waals surface area contributed by atoms with Gasteiger partial charge in [0.25, 0.3) is 0 Å². The number of benzene rings is 2. The zero-order valence-corrected chi connectivity index (χ0v) is 11.4. The van der Waals surface area contributed by atoms with Crippen LogP contribution in [0.5, 0.6) is 0 Å². The first-order valence-electron chi connectivity index (χ1n) is 6.70. The maximum absolute atomic E-state index is 6.01. The minimum Gasteiger partial charge on any atom is -0.398 e. The Kier molecular flexibility index (Phi) is 3.25. The molecular weight excluding hydrogens is 246 g/mol. The largest absolute Gasteiger partial charge is 0.398 e. The topological polar surface area (TPSA) is 50.9 Å². The highest BCUT2D eigenvalue weighted by Gasteiger charge is 2.09. The predicted octanol–water partition coefficient (Wildman–Crippen LogP) is 3.99. The highest BCUT2D eigenvalue weighted by Crippen LogP contribution is 2.28. The molecule has 0 saturated carbocycles. The summed E-state index contributed by atoms with van der Waals surface area (Å²) >= 11 is 0. The highest BCUT2D eigenvalue weighted by molar-refractivity contribution is 5.99. The summed E-state index contributed by atoms with van der Waals surface area (Å²) < 4.78 is 0. The second-order valence-corrected chi connectivity index (χ2v) is 4.88. The van der Waals surface area contributed by atoms with Crippen molar-refractivity contribution < 1.29 is 0 Å². The van der Waals surface area contributed by atoms with Crippen molar-refractivity contribution >= 4 is 22.3 Å². The molecule has 2 aromatic carbocycles. The van der Waals surface area contributed by atoms with Gasteiger partial charge in [-0.15, -0.1) is 0 Å². The second-order valence-electron chi connectivity index (χ2n) is 4.88. The summed E-state index contributed by atoms with van der Waals surface area (Å²) in [6.07, 6.45) is 1.79. The van der Waals surface area contributed by atoms with Crippen molar-refractivity contribution in [2.24, 2.45) is 0 Å². The van der Waals surface area contributed by atoms with Crippen LogP contribution in [0.4, 0.5) is 11.5 Å². The molecule has 3 nitrogen and oxygen atoms in total. The molecule has 0 bridgehead atoms. The average molecular weight is 263 g/mol. The fraction of sp³-hybridized carbons (Fsp3) is 0.118. The van der Waals surface area contributed by atoms with E-state index in [4.69, 9.17) is 5.73 Å². The SMILES string of the molecule is CC(Nc1nccc2c(N)cccc12)c1ccccc1. The summed E-state index contributed by atoms with van der Waals surface area (Å²) in [7, 11) is 0. The van der Waals surface area contributed by atoms with Crippen LogP contribution in [0.1, 0.15) is 18.5 Å². The van der Waals surface area contributed by atoms with Crippen LogP contribution in [0.3, 0.4) is 0 Å². The molecule has 0 spiro atoms. The summed E-state index contributed by atoms with van der Waals surface area (Å²) in [6.45, 7) is 2.13. The molecule has 20 heavy (non-hydrogen) atoms. The molecule has 0 saturated heterocycles. The van der Waals surface area contributed by atoms with Crippen LogP contribution in [-0.4, -0.2) is 4.98 Å². The number of fused-ring (bicyclic) bond motifs is 1. The maximum atomic E-state index is 6.01. The molecule has 0 aliphatic carbocycles. The first kappa shape index (κ1) is 12.5. The number of hydrogen-bond acceptors (Lipinski definition) is 3. The predicted molar refractivity (Wildman–Crippen MR) is 84.6 cm³/mol. The number of nitrogen functional groups attached to an aromatic ring is 1. The monoisotopic (exact) mass is 263 g/mol. The quantitative estimate of drug-likeness (QED) is 0.702. The smallest absolute Gasteiger partial charge is 0.134 e. The summed E-state index contributed by atoms with van der Waals surface area (Å²) in [5.74, 6) is 0.867. The van der Waals surface area contributed by atoms with Gasteiger partial charge in [0, 0.05) is 28.7 Å². The van der Waals surface area contributed by atoms with Gasteiger partial charge in [-0.05, 0) is 24.6 Å². The molecule has 100 valence electrons. The molecular formula is C17H17N3. The number of nitrogens with one attached hydrogen (secondary N) is 1. The van der Waals surface area contributed by atoms with Gasteiger partial charge in [-0.2, -0.15) is 0 Å². The van der Waals surface area contributed by atoms with Crippen molar-refractivity contribution in [3.8, 4) is 0 Å². The zero-order valence-electron chi connectivity index (χ0n) is 11.4. The van der Waals surface area contributed by atoms with Gasteiger partial charge in [-0.3, -0.25) is 0 Å². The lowest BCUT2D eigenvalue weighted by atomic mass is 10.1. The molecule has 1 atom stereocenters. The lowest BCUT2D eigenvalue weighted by Crippen LogP contribution is -2.08. The second kappa shape index (κ2) is 5.21. The van der Waals surface area contributed by atoms with Crippen molar-refractivity contribution in [3.05, 3.63) is 66.4 Å². The number of anilines is 2.